The molecule has 0 radical (unpaired) electrons. The zero-order chi connectivity index (χ0) is 12.8. The lowest BCUT2D eigenvalue weighted by Crippen LogP contribution is -2.05. The fourth-order valence-electron chi connectivity index (χ4n) is 1.68. The number of thiazole rings is 1. The number of ether oxygens (including phenoxy) is 1. The van der Waals surface area contributed by atoms with Gasteiger partial charge in [-0.15, -0.1) is 11.3 Å². The van der Waals surface area contributed by atoms with Gasteiger partial charge in [0, 0.05) is 11.9 Å². The number of nitrogens with one attached hydrogen (secondary N) is 1. The summed E-state index contributed by atoms with van der Waals surface area (Å²) < 4.78 is 5.83. The molecule has 4 heteroatoms. The van der Waals surface area contributed by atoms with Gasteiger partial charge in [-0.3, -0.25) is 0 Å². The van der Waals surface area contributed by atoms with Crippen LogP contribution in [0.25, 0.3) is 0 Å². The number of nitrogens with zero attached hydrogens (tertiary/aromatic N) is 1. The van der Waals surface area contributed by atoms with Gasteiger partial charge in [-0.25, -0.2) is 4.98 Å². The molecule has 18 heavy (non-hydrogen) atoms. The van der Waals surface area contributed by atoms with Crippen LogP contribution >= 0.6 is 11.3 Å². The monoisotopic (exact) mass is 262 g/mol. The van der Waals surface area contributed by atoms with Crippen molar-refractivity contribution in [1.82, 2.24) is 10.3 Å². The van der Waals surface area contributed by atoms with E-state index >= 15 is 0 Å². The highest BCUT2D eigenvalue weighted by Gasteiger charge is 2.07. The molecule has 96 valence electrons. The van der Waals surface area contributed by atoms with E-state index in [1.165, 1.54) is 5.56 Å². The standard InChI is InChI=1S/C14H18N2OS/c1-11(12-6-4-3-5-7-12)17-9-13-10-18-14(16-13)8-15-2/h3-7,10-11,15H,8-9H2,1-2H3. The van der Waals surface area contributed by atoms with Gasteiger partial charge in [0.25, 0.3) is 0 Å². The Hall–Kier alpha value is -1.23. The van der Waals surface area contributed by atoms with Crippen LogP contribution in [0.3, 0.4) is 0 Å². The van der Waals surface area contributed by atoms with Crippen LogP contribution < -0.4 is 5.32 Å². The van der Waals surface area contributed by atoms with Crippen molar-refractivity contribution >= 4 is 11.3 Å². The maximum absolute atomic E-state index is 5.83. The Morgan fingerprint density at radius 1 is 1.33 bits per heavy atom. The van der Waals surface area contributed by atoms with E-state index in [1.54, 1.807) is 11.3 Å². The smallest absolute Gasteiger partial charge is 0.107 e. The Bertz CT molecular complexity index is 470. The quantitative estimate of drug-likeness (QED) is 0.868. The van der Waals surface area contributed by atoms with Crippen LogP contribution in [0.5, 0.6) is 0 Å². The largest absolute Gasteiger partial charge is 0.367 e. The highest BCUT2D eigenvalue weighted by Crippen LogP contribution is 2.18. The topological polar surface area (TPSA) is 34.2 Å². The summed E-state index contributed by atoms with van der Waals surface area (Å²) in [7, 11) is 1.93. The second-order valence-electron chi connectivity index (χ2n) is 4.13. The third-order valence-corrected chi connectivity index (χ3v) is 3.58. The van der Waals surface area contributed by atoms with Crippen LogP contribution in [0.4, 0.5) is 0 Å². The van der Waals surface area contributed by atoms with Gasteiger partial charge in [0.2, 0.25) is 0 Å². The number of hydrogen-bond donors (Lipinski definition) is 1. The maximum Gasteiger partial charge on any atom is 0.107 e. The van der Waals surface area contributed by atoms with Crippen molar-refractivity contribution in [2.45, 2.75) is 26.2 Å². The van der Waals surface area contributed by atoms with Gasteiger partial charge >= 0.3 is 0 Å². The van der Waals surface area contributed by atoms with Crippen LogP contribution in [0.1, 0.15) is 29.3 Å². The minimum Gasteiger partial charge on any atom is -0.367 e. The fraction of sp³-hybridized carbons (Fsp3) is 0.357. The van der Waals surface area contributed by atoms with Gasteiger partial charge in [0.15, 0.2) is 0 Å². The van der Waals surface area contributed by atoms with Crippen LogP contribution in [0.2, 0.25) is 0 Å². The van der Waals surface area contributed by atoms with Gasteiger partial charge in [0.05, 0.1) is 18.4 Å². The highest BCUT2D eigenvalue weighted by molar-refractivity contribution is 7.09. The Labute approximate surface area is 112 Å². The minimum absolute atomic E-state index is 0.0978. The van der Waals surface area contributed by atoms with Gasteiger partial charge in [-0.05, 0) is 19.5 Å². The summed E-state index contributed by atoms with van der Waals surface area (Å²) in [5.74, 6) is 0. The Morgan fingerprint density at radius 3 is 2.83 bits per heavy atom. The van der Waals surface area contributed by atoms with E-state index < -0.39 is 0 Å². The molecule has 3 nitrogen and oxygen atoms in total. The molecule has 1 N–H and O–H groups in total. The van der Waals surface area contributed by atoms with Gasteiger partial charge in [0.1, 0.15) is 5.01 Å². The summed E-state index contributed by atoms with van der Waals surface area (Å²) >= 11 is 1.67. The summed E-state index contributed by atoms with van der Waals surface area (Å²) in [6.07, 6.45) is 0.0978. The van der Waals surface area contributed by atoms with Crippen LogP contribution in [0, 0.1) is 0 Å². The lowest BCUT2D eigenvalue weighted by atomic mass is 10.1. The molecule has 1 aromatic carbocycles. The molecule has 1 unspecified atom stereocenters. The van der Waals surface area contributed by atoms with E-state index in [1.807, 2.05) is 25.2 Å². The molecule has 2 rings (SSSR count). The van der Waals surface area contributed by atoms with Crippen molar-refractivity contribution in [2.24, 2.45) is 0 Å². The SMILES string of the molecule is CNCc1nc(COC(C)c2ccccc2)cs1. The molecule has 1 aromatic heterocycles. The molecule has 0 aliphatic carbocycles. The van der Waals surface area contributed by atoms with Gasteiger partial charge in [-0.2, -0.15) is 0 Å². The first kappa shape index (κ1) is 13.2. The first-order chi connectivity index (χ1) is 8.79. The van der Waals surface area contributed by atoms with Crippen LogP contribution in [-0.4, -0.2) is 12.0 Å². The van der Waals surface area contributed by atoms with Gasteiger partial charge < -0.3 is 10.1 Å². The van der Waals surface area contributed by atoms with Crippen molar-refractivity contribution < 1.29 is 4.74 Å². The molecule has 0 amide bonds. The predicted molar refractivity (Wildman–Crippen MR) is 74.5 cm³/mol. The fourth-order valence-corrected chi connectivity index (χ4v) is 2.47. The Morgan fingerprint density at radius 2 is 2.11 bits per heavy atom. The molecule has 0 aliphatic heterocycles. The normalized spacial score (nSPS) is 12.6. The molecular weight excluding hydrogens is 244 g/mol. The highest BCUT2D eigenvalue weighted by atomic mass is 32.1. The number of rotatable bonds is 6. The van der Waals surface area contributed by atoms with E-state index in [9.17, 15) is 0 Å². The number of benzene rings is 1. The average molecular weight is 262 g/mol. The first-order valence-electron chi connectivity index (χ1n) is 6.04. The van der Waals surface area contributed by atoms with E-state index in [0.29, 0.717) is 6.61 Å². The van der Waals surface area contributed by atoms with Crippen molar-refractivity contribution in [2.75, 3.05) is 7.05 Å². The number of hydrogen-bond acceptors (Lipinski definition) is 4. The molecular formula is C14H18N2OS. The molecule has 0 spiro atoms. The summed E-state index contributed by atoms with van der Waals surface area (Å²) in [5.41, 5.74) is 2.20. The summed E-state index contributed by atoms with van der Waals surface area (Å²) in [5, 5.41) is 6.26. The van der Waals surface area contributed by atoms with Crippen molar-refractivity contribution in [3.05, 3.63) is 52.0 Å². The molecule has 2 aromatic rings. The Balaban J connectivity index is 1.87. The third-order valence-electron chi connectivity index (χ3n) is 2.68. The first-order valence-corrected chi connectivity index (χ1v) is 6.92. The molecule has 1 atom stereocenters. The summed E-state index contributed by atoms with van der Waals surface area (Å²) in [4.78, 5) is 4.50. The van der Waals surface area contributed by atoms with Crippen LogP contribution in [-0.2, 0) is 17.9 Å². The van der Waals surface area contributed by atoms with E-state index in [4.69, 9.17) is 4.74 Å². The zero-order valence-electron chi connectivity index (χ0n) is 10.7. The predicted octanol–water partition coefficient (Wildman–Crippen LogP) is 3.14. The van der Waals surface area contributed by atoms with Crippen molar-refractivity contribution in [3.8, 4) is 0 Å². The second-order valence-corrected chi connectivity index (χ2v) is 5.07. The average Bonchev–Trinajstić information content (AvgIpc) is 2.85. The molecule has 0 bridgehead atoms. The van der Waals surface area contributed by atoms with E-state index in [-0.39, 0.29) is 6.10 Å². The number of aromatic nitrogens is 1. The molecule has 0 fully saturated rings. The summed E-state index contributed by atoms with van der Waals surface area (Å²) in [6, 6.07) is 10.2. The minimum atomic E-state index is 0.0978. The molecule has 1 heterocycles. The summed E-state index contributed by atoms with van der Waals surface area (Å²) in [6.45, 7) is 3.45. The Kier molecular flexibility index (Phi) is 4.87. The molecule has 0 saturated carbocycles. The van der Waals surface area contributed by atoms with E-state index in [2.05, 4.69) is 34.7 Å². The van der Waals surface area contributed by atoms with Gasteiger partial charge in [-0.1, -0.05) is 30.3 Å². The van der Waals surface area contributed by atoms with Crippen molar-refractivity contribution in [1.29, 1.82) is 0 Å². The third kappa shape index (κ3) is 3.63. The molecule has 0 aliphatic rings. The lowest BCUT2D eigenvalue weighted by molar-refractivity contribution is 0.0507. The van der Waals surface area contributed by atoms with Crippen molar-refractivity contribution in [3.63, 3.8) is 0 Å². The van der Waals surface area contributed by atoms with Crippen LogP contribution in [0.15, 0.2) is 35.7 Å². The lowest BCUT2D eigenvalue weighted by Gasteiger charge is -2.12. The molecule has 0 saturated heterocycles. The maximum atomic E-state index is 5.83. The van der Waals surface area contributed by atoms with E-state index in [0.717, 1.165) is 17.2 Å². The zero-order valence-corrected chi connectivity index (χ0v) is 11.5. The second kappa shape index (κ2) is 6.64.